The lowest BCUT2D eigenvalue weighted by Gasteiger charge is -2.03. The summed E-state index contributed by atoms with van der Waals surface area (Å²) in [5.41, 5.74) is 1.56. The van der Waals surface area contributed by atoms with E-state index in [1.807, 2.05) is 0 Å². The summed E-state index contributed by atoms with van der Waals surface area (Å²) in [6.07, 6.45) is 0. The Morgan fingerprint density at radius 3 is 1.71 bits per heavy atom. The Kier molecular flexibility index (Phi) is 2.22. The number of hydrogen-bond donors (Lipinski definition) is 2. The van der Waals surface area contributed by atoms with Gasteiger partial charge in [-0.25, -0.2) is 4.94 Å². The molecule has 0 fully saturated rings. The first kappa shape index (κ1) is 11.5. The largest absolute Gasteiger partial charge is 0.506 e. The Balaban J connectivity index is 1.83. The summed E-state index contributed by atoms with van der Waals surface area (Å²) in [5, 5.41) is 34.6. The van der Waals surface area contributed by atoms with Gasteiger partial charge in [0.05, 0.1) is 0 Å². The molecule has 4 aromatic rings. The van der Waals surface area contributed by atoms with E-state index in [0.29, 0.717) is 22.1 Å². The minimum atomic E-state index is 0.00319. The van der Waals surface area contributed by atoms with Crippen LogP contribution >= 0.6 is 0 Å². The van der Waals surface area contributed by atoms with Gasteiger partial charge in [-0.1, -0.05) is 12.1 Å². The van der Waals surface area contributed by atoms with Crippen molar-refractivity contribution in [2.45, 2.75) is 0 Å². The van der Waals surface area contributed by atoms with E-state index in [0.717, 1.165) is 9.69 Å². The Labute approximate surface area is 116 Å². The quantitative estimate of drug-likeness (QED) is 0.550. The molecular formula is C12H8N6O3. The lowest BCUT2D eigenvalue weighted by atomic mass is 10.3. The summed E-state index contributed by atoms with van der Waals surface area (Å²) in [4.78, 5) is 7.67. The fourth-order valence-electron chi connectivity index (χ4n) is 2.01. The summed E-state index contributed by atoms with van der Waals surface area (Å²) >= 11 is 0. The summed E-state index contributed by atoms with van der Waals surface area (Å²) in [7, 11) is 0. The molecule has 0 saturated heterocycles. The molecule has 2 aromatic carbocycles. The third-order valence-corrected chi connectivity index (χ3v) is 3.01. The molecule has 9 nitrogen and oxygen atoms in total. The van der Waals surface area contributed by atoms with E-state index in [2.05, 4.69) is 20.6 Å². The van der Waals surface area contributed by atoms with Crippen LogP contribution in [0.4, 0.5) is 0 Å². The zero-order chi connectivity index (χ0) is 14.4. The van der Waals surface area contributed by atoms with Crippen molar-refractivity contribution in [3.8, 4) is 11.5 Å². The smallest absolute Gasteiger partial charge is 0.158 e. The molecule has 0 radical (unpaired) electrons. The van der Waals surface area contributed by atoms with Gasteiger partial charge in [-0.15, -0.1) is 10.2 Å². The van der Waals surface area contributed by atoms with Gasteiger partial charge in [0, 0.05) is 0 Å². The second-order valence-electron chi connectivity index (χ2n) is 4.30. The van der Waals surface area contributed by atoms with Crippen molar-refractivity contribution in [3.63, 3.8) is 0 Å². The number of phenolic OH excluding ortho intramolecular Hbond substituents is 2. The molecule has 2 heterocycles. The molecule has 2 aromatic heterocycles. The van der Waals surface area contributed by atoms with Crippen LogP contribution in [-0.4, -0.2) is 40.5 Å². The molecule has 0 aliphatic heterocycles. The van der Waals surface area contributed by atoms with E-state index >= 15 is 0 Å². The molecule has 0 unspecified atom stereocenters. The first-order chi connectivity index (χ1) is 10.2. The number of aromatic nitrogens is 6. The molecule has 0 bridgehead atoms. The average molecular weight is 284 g/mol. The molecule has 104 valence electrons. The molecule has 9 heteroatoms. The van der Waals surface area contributed by atoms with Gasteiger partial charge in [-0.3, -0.25) is 0 Å². The van der Waals surface area contributed by atoms with Gasteiger partial charge in [-0.05, 0) is 44.4 Å². The highest BCUT2D eigenvalue weighted by Gasteiger charge is 2.13. The predicted octanol–water partition coefficient (Wildman–Crippen LogP) is 0.479. The van der Waals surface area contributed by atoms with Crippen molar-refractivity contribution in [2.75, 3.05) is 0 Å². The molecule has 0 spiro atoms. The summed E-state index contributed by atoms with van der Waals surface area (Å²) in [6, 6.07) is 9.67. The molecule has 0 amide bonds. The van der Waals surface area contributed by atoms with Gasteiger partial charge in [0.25, 0.3) is 0 Å². The van der Waals surface area contributed by atoms with Crippen LogP contribution in [-0.2, 0) is 0 Å². The Bertz CT molecular complexity index is 882. The minimum Gasteiger partial charge on any atom is -0.506 e. The molecule has 2 N–H and O–H groups in total. The van der Waals surface area contributed by atoms with Crippen molar-refractivity contribution in [1.82, 2.24) is 30.3 Å². The van der Waals surface area contributed by atoms with Crippen LogP contribution in [0.1, 0.15) is 0 Å². The van der Waals surface area contributed by atoms with Gasteiger partial charge in [0.1, 0.15) is 22.5 Å². The van der Waals surface area contributed by atoms with E-state index in [1.54, 1.807) is 24.3 Å². The van der Waals surface area contributed by atoms with Gasteiger partial charge in [0.2, 0.25) is 0 Å². The fourth-order valence-corrected chi connectivity index (χ4v) is 2.01. The number of phenols is 2. The van der Waals surface area contributed by atoms with Gasteiger partial charge in [0.15, 0.2) is 11.0 Å². The number of benzene rings is 2. The van der Waals surface area contributed by atoms with E-state index in [1.165, 1.54) is 12.1 Å². The molecule has 4 rings (SSSR count). The maximum atomic E-state index is 9.68. The average Bonchev–Trinajstić information content (AvgIpc) is 3.07. The highest BCUT2D eigenvalue weighted by molar-refractivity contribution is 5.81. The Hall–Kier alpha value is -3.36. The normalized spacial score (nSPS) is 11.2. The van der Waals surface area contributed by atoms with Crippen LogP contribution in [0.5, 0.6) is 11.5 Å². The van der Waals surface area contributed by atoms with Crippen molar-refractivity contribution >= 4 is 22.1 Å². The molecule has 0 aliphatic carbocycles. The van der Waals surface area contributed by atoms with E-state index in [9.17, 15) is 10.2 Å². The third-order valence-electron chi connectivity index (χ3n) is 3.01. The Morgan fingerprint density at radius 1 is 0.762 bits per heavy atom. The van der Waals surface area contributed by atoms with Crippen LogP contribution in [0, 0.1) is 0 Å². The monoisotopic (exact) mass is 284 g/mol. The maximum absolute atomic E-state index is 9.68. The molecule has 21 heavy (non-hydrogen) atoms. The van der Waals surface area contributed by atoms with Crippen LogP contribution in [0.25, 0.3) is 22.1 Å². The lowest BCUT2D eigenvalue weighted by molar-refractivity contribution is -0.000143. The van der Waals surface area contributed by atoms with Crippen LogP contribution < -0.4 is 4.94 Å². The number of rotatable bonds is 2. The van der Waals surface area contributed by atoms with Crippen LogP contribution in [0.3, 0.4) is 0 Å². The second kappa shape index (κ2) is 4.07. The number of aromatic hydroxyl groups is 2. The van der Waals surface area contributed by atoms with Crippen LogP contribution in [0.2, 0.25) is 0 Å². The first-order valence-electron chi connectivity index (χ1n) is 5.99. The van der Waals surface area contributed by atoms with Crippen molar-refractivity contribution in [2.24, 2.45) is 0 Å². The van der Waals surface area contributed by atoms with Gasteiger partial charge < -0.3 is 10.2 Å². The first-order valence-corrected chi connectivity index (χ1v) is 5.99. The van der Waals surface area contributed by atoms with Crippen molar-refractivity contribution in [3.05, 3.63) is 36.4 Å². The third kappa shape index (κ3) is 1.64. The van der Waals surface area contributed by atoms with Gasteiger partial charge >= 0.3 is 0 Å². The molecule has 0 atom stereocenters. The SMILES string of the molecule is Oc1cccc2c1nnn2On1nnc2c(O)cccc21. The van der Waals surface area contributed by atoms with E-state index in [4.69, 9.17) is 4.94 Å². The molecular weight excluding hydrogens is 276 g/mol. The highest BCUT2D eigenvalue weighted by atomic mass is 16.8. The minimum absolute atomic E-state index is 0.00319. The van der Waals surface area contributed by atoms with Crippen molar-refractivity contribution in [1.29, 1.82) is 0 Å². The van der Waals surface area contributed by atoms with E-state index < -0.39 is 0 Å². The highest BCUT2D eigenvalue weighted by Crippen LogP contribution is 2.22. The summed E-state index contributed by atoms with van der Waals surface area (Å²) in [6.45, 7) is 0. The number of nitrogens with zero attached hydrogens (tertiary/aromatic N) is 6. The zero-order valence-corrected chi connectivity index (χ0v) is 10.5. The summed E-state index contributed by atoms with van der Waals surface area (Å²) in [5.74, 6) is 0.00638. The topological polar surface area (TPSA) is 111 Å². The fraction of sp³-hybridized carbons (Fsp3) is 0. The maximum Gasteiger partial charge on any atom is 0.158 e. The number of hydrogen-bond acceptors (Lipinski definition) is 7. The molecule has 0 saturated carbocycles. The standard InChI is InChI=1S/C12H8N6O3/c19-9-5-1-3-7-11(9)13-15-17(7)21-18-8-4-2-6-10(20)12(8)14-16-18/h1-6,19-20H. The second-order valence-corrected chi connectivity index (χ2v) is 4.30. The predicted molar refractivity (Wildman–Crippen MR) is 70.4 cm³/mol. The van der Waals surface area contributed by atoms with Crippen molar-refractivity contribution < 1.29 is 15.2 Å². The lowest BCUT2D eigenvalue weighted by Crippen LogP contribution is -2.20. The number of fused-ring (bicyclic) bond motifs is 2. The molecule has 0 aliphatic rings. The van der Waals surface area contributed by atoms with Gasteiger partial charge in [-0.2, -0.15) is 0 Å². The zero-order valence-electron chi connectivity index (χ0n) is 10.5. The van der Waals surface area contributed by atoms with Crippen LogP contribution in [0.15, 0.2) is 36.4 Å². The Morgan fingerprint density at radius 2 is 1.24 bits per heavy atom. The summed E-state index contributed by atoms with van der Waals surface area (Å²) < 4.78 is 0. The van der Waals surface area contributed by atoms with E-state index in [-0.39, 0.29) is 11.5 Å².